The van der Waals surface area contributed by atoms with Gasteiger partial charge in [0.25, 0.3) is 5.82 Å². The van der Waals surface area contributed by atoms with E-state index in [0.717, 1.165) is 41.5 Å². The molecule has 0 N–H and O–H groups in total. The molecule has 0 bridgehead atoms. The van der Waals surface area contributed by atoms with Crippen molar-refractivity contribution in [2.24, 2.45) is 0 Å². The van der Waals surface area contributed by atoms with Gasteiger partial charge in [0.1, 0.15) is 30.8 Å². The van der Waals surface area contributed by atoms with Crippen molar-refractivity contribution in [2.75, 3.05) is 20.3 Å². The van der Waals surface area contributed by atoms with E-state index in [4.69, 9.17) is 14.2 Å². The number of aromatic nitrogens is 2. The number of hydrogen-bond acceptors (Lipinski definition) is 3. The molecule has 2 aliphatic rings. The van der Waals surface area contributed by atoms with Crippen LogP contribution in [0.4, 0.5) is 0 Å². The van der Waals surface area contributed by atoms with Crippen LogP contribution in [0.15, 0.2) is 48.7 Å². The van der Waals surface area contributed by atoms with Crippen molar-refractivity contribution < 1.29 is 18.8 Å². The van der Waals surface area contributed by atoms with Crippen LogP contribution in [0.25, 0.3) is 16.9 Å². The smallest absolute Gasteiger partial charge is 0.262 e. The quantitative estimate of drug-likeness (QED) is 0.682. The molecule has 132 valence electrons. The second-order valence-corrected chi connectivity index (χ2v) is 6.61. The lowest BCUT2D eigenvalue weighted by atomic mass is 10.1. The normalized spacial score (nSPS) is 15.0. The third-order valence-electron chi connectivity index (χ3n) is 5.10. The molecule has 5 heteroatoms. The number of imidazole rings is 1. The minimum Gasteiger partial charge on any atom is -0.497 e. The second kappa shape index (κ2) is 6.09. The van der Waals surface area contributed by atoms with Crippen LogP contribution in [0.2, 0.25) is 0 Å². The first-order chi connectivity index (χ1) is 12.8. The summed E-state index contributed by atoms with van der Waals surface area (Å²) in [5.41, 5.74) is 3.52. The maximum atomic E-state index is 5.77. The van der Waals surface area contributed by atoms with Crippen LogP contribution >= 0.6 is 0 Å². The zero-order chi connectivity index (χ0) is 17.5. The van der Waals surface area contributed by atoms with Gasteiger partial charge in [-0.1, -0.05) is 0 Å². The third-order valence-corrected chi connectivity index (χ3v) is 5.10. The Bertz CT molecular complexity index is 960. The summed E-state index contributed by atoms with van der Waals surface area (Å²) >= 11 is 0. The van der Waals surface area contributed by atoms with E-state index in [1.807, 2.05) is 18.2 Å². The fourth-order valence-electron chi connectivity index (χ4n) is 3.84. The number of rotatable bonds is 3. The molecule has 2 aliphatic heterocycles. The molecule has 2 aromatic carbocycles. The Labute approximate surface area is 152 Å². The summed E-state index contributed by atoms with van der Waals surface area (Å²) in [7, 11) is 1.69. The highest BCUT2D eigenvalue weighted by Gasteiger charge is 2.30. The predicted octanol–water partition coefficient (Wildman–Crippen LogP) is 3.16. The molecule has 3 aromatic rings. The van der Waals surface area contributed by atoms with Gasteiger partial charge in [-0.05, 0) is 48.9 Å². The van der Waals surface area contributed by atoms with Crippen LogP contribution in [0.3, 0.4) is 0 Å². The van der Waals surface area contributed by atoms with Gasteiger partial charge < -0.3 is 14.2 Å². The van der Waals surface area contributed by atoms with Crippen molar-refractivity contribution in [3.63, 3.8) is 0 Å². The SMILES string of the molecule is COc1ccc(-n2cc(-c3ccc4c(c3)OCCO4)[n+]3c2CCC3)cc1. The third kappa shape index (κ3) is 2.43. The van der Waals surface area contributed by atoms with Gasteiger partial charge in [0.2, 0.25) is 0 Å². The van der Waals surface area contributed by atoms with Crippen molar-refractivity contribution in [3.8, 4) is 34.2 Å². The molecule has 5 rings (SSSR count). The van der Waals surface area contributed by atoms with E-state index in [1.54, 1.807) is 7.11 Å². The van der Waals surface area contributed by atoms with Crippen molar-refractivity contribution >= 4 is 0 Å². The van der Waals surface area contributed by atoms with Gasteiger partial charge in [-0.3, -0.25) is 0 Å². The molecule has 0 saturated heterocycles. The summed E-state index contributed by atoms with van der Waals surface area (Å²) in [5.74, 6) is 3.87. The van der Waals surface area contributed by atoms with Crippen LogP contribution in [-0.4, -0.2) is 24.9 Å². The lowest BCUT2D eigenvalue weighted by molar-refractivity contribution is -0.679. The minimum atomic E-state index is 0.606. The van der Waals surface area contributed by atoms with Gasteiger partial charge in [-0.2, -0.15) is 4.57 Å². The van der Waals surface area contributed by atoms with E-state index in [9.17, 15) is 0 Å². The zero-order valence-electron chi connectivity index (χ0n) is 14.8. The molecule has 0 atom stereocenters. The van der Waals surface area contributed by atoms with E-state index in [2.05, 4.69) is 39.6 Å². The highest BCUT2D eigenvalue weighted by atomic mass is 16.6. The summed E-state index contributed by atoms with van der Waals surface area (Å²) in [6.45, 7) is 2.27. The van der Waals surface area contributed by atoms with E-state index in [-0.39, 0.29) is 0 Å². The van der Waals surface area contributed by atoms with Gasteiger partial charge in [-0.15, -0.1) is 0 Å². The molecule has 26 heavy (non-hydrogen) atoms. The first-order valence-corrected chi connectivity index (χ1v) is 9.02. The first kappa shape index (κ1) is 15.3. The summed E-state index contributed by atoms with van der Waals surface area (Å²) in [6.07, 6.45) is 4.47. The monoisotopic (exact) mass is 349 g/mol. The summed E-state index contributed by atoms with van der Waals surface area (Å²) in [5, 5.41) is 0. The van der Waals surface area contributed by atoms with Gasteiger partial charge in [0.05, 0.1) is 20.1 Å². The van der Waals surface area contributed by atoms with Gasteiger partial charge >= 0.3 is 0 Å². The lowest BCUT2D eigenvalue weighted by Gasteiger charge is -2.18. The maximum absolute atomic E-state index is 5.77. The van der Waals surface area contributed by atoms with Crippen LogP contribution in [0, 0.1) is 0 Å². The number of methoxy groups -OCH3 is 1. The minimum absolute atomic E-state index is 0.606. The number of benzene rings is 2. The molecule has 0 fully saturated rings. The second-order valence-electron chi connectivity index (χ2n) is 6.61. The average molecular weight is 349 g/mol. The van der Waals surface area contributed by atoms with E-state index < -0.39 is 0 Å². The summed E-state index contributed by atoms with van der Waals surface area (Å²) in [6, 6.07) is 14.4. The summed E-state index contributed by atoms with van der Waals surface area (Å²) in [4.78, 5) is 0. The van der Waals surface area contributed by atoms with Crippen molar-refractivity contribution in [1.82, 2.24) is 4.57 Å². The topological polar surface area (TPSA) is 36.5 Å². The maximum Gasteiger partial charge on any atom is 0.262 e. The van der Waals surface area contributed by atoms with Gasteiger partial charge in [0.15, 0.2) is 17.2 Å². The fraction of sp³-hybridized carbons (Fsp3) is 0.286. The first-order valence-electron chi connectivity index (χ1n) is 9.02. The molecule has 3 heterocycles. The highest BCUT2D eigenvalue weighted by molar-refractivity contribution is 5.62. The van der Waals surface area contributed by atoms with E-state index in [1.165, 1.54) is 17.9 Å². The standard InChI is InChI=1S/C21H21N2O3/c1-24-17-7-5-16(6-8-17)23-14-18(22-10-2-3-21(22)23)15-4-9-19-20(13-15)26-12-11-25-19/h4-9,13-14H,2-3,10-12H2,1H3/q+1. The summed E-state index contributed by atoms with van der Waals surface area (Å²) < 4.78 is 21.4. The van der Waals surface area contributed by atoms with E-state index in [0.29, 0.717) is 13.2 Å². The van der Waals surface area contributed by atoms with Crippen LogP contribution in [0.5, 0.6) is 17.2 Å². The van der Waals surface area contributed by atoms with Gasteiger partial charge in [0, 0.05) is 5.56 Å². The Kier molecular flexibility index (Phi) is 3.59. The Balaban J connectivity index is 1.60. The number of ether oxygens (including phenoxy) is 3. The predicted molar refractivity (Wildman–Crippen MR) is 97.3 cm³/mol. The largest absolute Gasteiger partial charge is 0.497 e. The number of nitrogens with zero attached hydrogens (tertiary/aromatic N) is 2. The fourth-order valence-corrected chi connectivity index (χ4v) is 3.84. The molecule has 0 spiro atoms. The lowest BCUT2D eigenvalue weighted by Crippen LogP contribution is -2.33. The Morgan fingerprint density at radius 3 is 2.62 bits per heavy atom. The van der Waals surface area contributed by atoms with Gasteiger partial charge in [-0.25, -0.2) is 4.57 Å². The zero-order valence-corrected chi connectivity index (χ0v) is 14.8. The molecule has 0 aliphatic carbocycles. The molecule has 0 saturated carbocycles. The highest BCUT2D eigenvalue weighted by Crippen LogP contribution is 2.34. The Morgan fingerprint density at radius 2 is 1.81 bits per heavy atom. The van der Waals surface area contributed by atoms with E-state index >= 15 is 0 Å². The average Bonchev–Trinajstić information content (AvgIpc) is 3.30. The Hall–Kier alpha value is -2.95. The van der Waals surface area contributed by atoms with Crippen molar-refractivity contribution in [2.45, 2.75) is 19.4 Å². The molecular formula is C21H21N2O3+. The van der Waals surface area contributed by atoms with Crippen LogP contribution in [-0.2, 0) is 13.0 Å². The molecule has 0 radical (unpaired) electrons. The van der Waals surface area contributed by atoms with Crippen LogP contribution in [0.1, 0.15) is 12.2 Å². The molecule has 5 nitrogen and oxygen atoms in total. The van der Waals surface area contributed by atoms with Crippen molar-refractivity contribution in [3.05, 3.63) is 54.5 Å². The number of hydrogen-bond donors (Lipinski definition) is 0. The molecule has 0 unspecified atom stereocenters. The van der Waals surface area contributed by atoms with Crippen molar-refractivity contribution in [1.29, 1.82) is 0 Å². The van der Waals surface area contributed by atoms with Crippen LogP contribution < -0.4 is 18.8 Å². The Morgan fingerprint density at radius 1 is 1.00 bits per heavy atom. The molecular weight excluding hydrogens is 328 g/mol. The number of fused-ring (bicyclic) bond motifs is 2. The molecule has 0 amide bonds. The molecule has 1 aromatic heterocycles.